The van der Waals surface area contributed by atoms with Gasteiger partial charge in [0.25, 0.3) is 0 Å². The minimum absolute atomic E-state index is 0.508. The zero-order chi connectivity index (χ0) is 18.9. The van der Waals surface area contributed by atoms with Gasteiger partial charge in [-0.1, -0.05) is 75.2 Å². The lowest BCUT2D eigenvalue weighted by molar-refractivity contribution is 0.292. The van der Waals surface area contributed by atoms with E-state index in [2.05, 4.69) is 72.3 Å². The van der Waals surface area contributed by atoms with Crippen LogP contribution < -0.4 is 4.74 Å². The predicted molar refractivity (Wildman–Crippen MR) is 111 cm³/mol. The van der Waals surface area contributed by atoms with Gasteiger partial charge in [-0.3, -0.25) is 0 Å². The topological polar surface area (TPSA) is 35.0 Å². The molecule has 3 heteroatoms. The van der Waals surface area contributed by atoms with Gasteiger partial charge in [-0.15, -0.1) is 0 Å². The van der Waals surface area contributed by atoms with Crippen LogP contribution in [0, 0.1) is 0 Å². The first-order chi connectivity index (χ1) is 13.3. The fourth-order valence-electron chi connectivity index (χ4n) is 3.01. The van der Waals surface area contributed by atoms with Crippen molar-refractivity contribution in [3.63, 3.8) is 0 Å². The number of aromatic nitrogens is 2. The maximum absolute atomic E-state index is 5.78. The largest absolute Gasteiger partial charge is 0.472 e. The van der Waals surface area contributed by atoms with E-state index in [-0.39, 0.29) is 0 Å². The Hall–Kier alpha value is -2.68. The van der Waals surface area contributed by atoms with Crippen LogP contribution in [0.15, 0.2) is 60.9 Å². The van der Waals surface area contributed by atoms with Crippen molar-refractivity contribution in [2.24, 2.45) is 0 Å². The van der Waals surface area contributed by atoms with Crippen LogP contribution in [0.1, 0.15) is 49.8 Å². The molecule has 3 aromatic rings. The molecular formula is C24H28N2O. The summed E-state index contributed by atoms with van der Waals surface area (Å²) in [6.45, 7) is 4.92. The molecule has 0 aliphatic heterocycles. The van der Waals surface area contributed by atoms with E-state index >= 15 is 0 Å². The number of aryl methyl sites for hydroxylation is 2. The summed E-state index contributed by atoms with van der Waals surface area (Å²) in [6.07, 6.45) is 9.35. The van der Waals surface area contributed by atoms with Crippen LogP contribution in [0.4, 0.5) is 0 Å². The predicted octanol–water partition coefficient (Wildman–Crippen LogP) is 6.02. The van der Waals surface area contributed by atoms with Crippen LogP contribution in [0.3, 0.4) is 0 Å². The molecule has 3 rings (SSSR count). The second kappa shape index (κ2) is 9.86. The first-order valence-electron chi connectivity index (χ1n) is 9.90. The lowest BCUT2D eigenvalue weighted by Gasteiger charge is -2.07. The summed E-state index contributed by atoms with van der Waals surface area (Å²) >= 11 is 0. The second-order valence-corrected chi connectivity index (χ2v) is 6.90. The molecule has 0 aliphatic rings. The summed E-state index contributed by atoms with van der Waals surface area (Å²) in [7, 11) is 0. The Bertz CT molecular complexity index is 809. The fraction of sp³-hybridized carbons (Fsp3) is 0.333. The Morgan fingerprint density at radius 3 is 2.00 bits per heavy atom. The molecule has 0 N–H and O–H groups in total. The van der Waals surface area contributed by atoms with E-state index in [1.165, 1.54) is 24.0 Å². The molecule has 140 valence electrons. The maximum atomic E-state index is 5.78. The van der Waals surface area contributed by atoms with Crippen LogP contribution >= 0.6 is 0 Å². The molecule has 0 bridgehead atoms. The molecule has 0 radical (unpaired) electrons. The summed E-state index contributed by atoms with van der Waals surface area (Å²) in [5.41, 5.74) is 5.83. The van der Waals surface area contributed by atoms with Gasteiger partial charge in [0.15, 0.2) is 0 Å². The number of rotatable bonds is 9. The molecular weight excluding hydrogens is 332 g/mol. The van der Waals surface area contributed by atoms with E-state index in [0.29, 0.717) is 12.5 Å². The SMILES string of the molecule is CCCCc1ccc(COc2cnc(-c3ccc(CCC)cc3)cn2)cc1. The summed E-state index contributed by atoms with van der Waals surface area (Å²) in [5.74, 6) is 0.552. The normalized spacial score (nSPS) is 10.7. The van der Waals surface area contributed by atoms with Gasteiger partial charge in [0.1, 0.15) is 6.61 Å². The minimum Gasteiger partial charge on any atom is -0.472 e. The van der Waals surface area contributed by atoms with Gasteiger partial charge in [0.2, 0.25) is 5.88 Å². The van der Waals surface area contributed by atoms with Crippen molar-refractivity contribution in [1.29, 1.82) is 0 Å². The average Bonchev–Trinajstić information content (AvgIpc) is 2.73. The van der Waals surface area contributed by atoms with E-state index < -0.39 is 0 Å². The zero-order valence-electron chi connectivity index (χ0n) is 16.3. The van der Waals surface area contributed by atoms with E-state index in [1.807, 2.05) is 0 Å². The number of ether oxygens (including phenoxy) is 1. The van der Waals surface area contributed by atoms with E-state index in [4.69, 9.17) is 4.74 Å². The van der Waals surface area contributed by atoms with Crippen LogP contribution in [0.5, 0.6) is 5.88 Å². The molecule has 0 saturated carbocycles. The van der Waals surface area contributed by atoms with E-state index in [9.17, 15) is 0 Å². The van der Waals surface area contributed by atoms with Gasteiger partial charge in [-0.2, -0.15) is 0 Å². The minimum atomic E-state index is 0.508. The first-order valence-corrected chi connectivity index (χ1v) is 9.90. The van der Waals surface area contributed by atoms with Gasteiger partial charge in [0.05, 0.1) is 18.1 Å². The van der Waals surface area contributed by atoms with Crippen LogP contribution in [-0.2, 0) is 19.4 Å². The highest BCUT2D eigenvalue weighted by atomic mass is 16.5. The highest BCUT2D eigenvalue weighted by molar-refractivity contribution is 5.58. The van der Waals surface area contributed by atoms with E-state index in [1.54, 1.807) is 12.4 Å². The second-order valence-electron chi connectivity index (χ2n) is 6.90. The summed E-state index contributed by atoms with van der Waals surface area (Å²) in [4.78, 5) is 8.90. The molecule has 0 spiro atoms. The number of hydrogen-bond acceptors (Lipinski definition) is 3. The van der Waals surface area contributed by atoms with Crippen molar-refractivity contribution in [1.82, 2.24) is 9.97 Å². The molecule has 0 atom stereocenters. The van der Waals surface area contributed by atoms with Gasteiger partial charge >= 0.3 is 0 Å². The number of nitrogens with zero attached hydrogens (tertiary/aromatic N) is 2. The number of unbranched alkanes of at least 4 members (excludes halogenated alkanes) is 1. The van der Waals surface area contributed by atoms with Crippen LogP contribution in [0.25, 0.3) is 11.3 Å². The molecule has 27 heavy (non-hydrogen) atoms. The third-order valence-electron chi connectivity index (χ3n) is 4.65. The highest BCUT2D eigenvalue weighted by Crippen LogP contribution is 2.19. The van der Waals surface area contributed by atoms with Crippen molar-refractivity contribution in [3.05, 3.63) is 77.6 Å². The molecule has 0 unspecified atom stereocenters. The molecule has 2 aromatic carbocycles. The fourth-order valence-corrected chi connectivity index (χ4v) is 3.01. The summed E-state index contributed by atoms with van der Waals surface area (Å²) in [5, 5.41) is 0. The molecule has 0 fully saturated rings. The van der Waals surface area contributed by atoms with Crippen molar-refractivity contribution in [2.75, 3.05) is 0 Å². The van der Waals surface area contributed by atoms with E-state index in [0.717, 1.165) is 36.1 Å². The van der Waals surface area contributed by atoms with Crippen molar-refractivity contribution in [3.8, 4) is 17.1 Å². The van der Waals surface area contributed by atoms with Crippen molar-refractivity contribution in [2.45, 2.75) is 52.6 Å². The quantitative estimate of drug-likeness (QED) is 0.468. The van der Waals surface area contributed by atoms with Crippen LogP contribution in [0.2, 0.25) is 0 Å². The molecule has 1 aromatic heterocycles. The number of benzene rings is 2. The summed E-state index contributed by atoms with van der Waals surface area (Å²) < 4.78 is 5.78. The third kappa shape index (κ3) is 5.65. The molecule has 0 saturated heterocycles. The smallest absolute Gasteiger partial charge is 0.232 e. The van der Waals surface area contributed by atoms with Gasteiger partial charge in [0, 0.05) is 5.56 Å². The maximum Gasteiger partial charge on any atom is 0.232 e. The average molecular weight is 361 g/mol. The zero-order valence-corrected chi connectivity index (χ0v) is 16.3. The lowest BCUT2D eigenvalue weighted by Crippen LogP contribution is -1.98. The molecule has 1 heterocycles. The monoisotopic (exact) mass is 360 g/mol. The Kier molecular flexibility index (Phi) is 6.97. The Morgan fingerprint density at radius 2 is 1.37 bits per heavy atom. The molecule has 3 nitrogen and oxygen atoms in total. The standard InChI is InChI=1S/C24H28N2O/c1-3-5-7-20-8-10-21(11-9-20)18-27-24-17-25-23(16-26-24)22-14-12-19(6-4-2)13-15-22/h8-17H,3-7,18H2,1-2H3. The Morgan fingerprint density at radius 1 is 0.704 bits per heavy atom. The number of hydrogen-bond donors (Lipinski definition) is 0. The molecule has 0 amide bonds. The van der Waals surface area contributed by atoms with Crippen LogP contribution in [-0.4, -0.2) is 9.97 Å². The molecule has 0 aliphatic carbocycles. The Balaban J connectivity index is 1.55. The van der Waals surface area contributed by atoms with Crippen molar-refractivity contribution < 1.29 is 4.74 Å². The van der Waals surface area contributed by atoms with Gasteiger partial charge in [-0.25, -0.2) is 9.97 Å². The lowest BCUT2D eigenvalue weighted by atomic mass is 10.1. The highest BCUT2D eigenvalue weighted by Gasteiger charge is 2.03. The van der Waals surface area contributed by atoms with Gasteiger partial charge < -0.3 is 4.74 Å². The Labute approximate surface area is 162 Å². The first kappa shape index (κ1) is 19.1. The summed E-state index contributed by atoms with van der Waals surface area (Å²) in [6, 6.07) is 17.2. The third-order valence-corrected chi connectivity index (χ3v) is 4.65. The van der Waals surface area contributed by atoms with Gasteiger partial charge in [-0.05, 0) is 36.0 Å². The van der Waals surface area contributed by atoms with Crippen molar-refractivity contribution >= 4 is 0 Å².